The molecule has 0 spiro atoms. The molecule has 0 radical (unpaired) electrons. The number of rotatable bonds is 3. The third kappa shape index (κ3) is 3.08. The summed E-state index contributed by atoms with van der Waals surface area (Å²) in [7, 11) is 0. The summed E-state index contributed by atoms with van der Waals surface area (Å²) < 4.78 is 0. The van der Waals surface area contributed by atoms with Crippen molar-refractivity contribution in [1.29, 1.82) is 0 Å². The molecule has 0 aliphatic heterocycles. The molecule has 0 fully saturated rings. The second kappa shape index (κ2) is 5.49. The summed E-state index contributed by atoms with van der Waals surface area (Å²) in [4.78, 5) is 26.1. The Morgan fingerprint density at radius 3 is 2.53 bits per heavy atom. The zero-order valence-corrected chi connectivity index (χ0v) is 10.5. The molecule has 0 aliphatic carbocycles. The zero-order valence-electron chi connectivity index (χ0n) is 10.5. The van der Waals surface area contributed by atoms with Crippen molar-refractivity contribution in [3.8, 4) is 0 Å². The average molecular weight is 257 g/mol. The van der Waals surface area contributed by atoms with Crippen LogP contribution in [0.4, 0.5) is 5.69 Å². The zero-order chi connectivity index (χ0) is 13.8. The van der Waals surface area contributed by atoms with Crippen LogP contribution < -0.4 is 16.5 Å². The molecule has 4 N–H and O–H groups in total. The molecule has 0 bridgehead atoms. The Morgan fingerprint density at radius 2 is 1.95 bits per heavy atom. The van der Waals surface area contributed by atoms with Gasteiger partial charge in [-0.05, 0) is 24.6 Å². The smallest absolute Gasteiger partial charge is 0.261 e. The van der Waals surface area contributed by atoms with E-state index in [1.807, 2.05) is 19.1 Å². The lowest BCUT2D eigenvalue weighted by molar-refractivity contribution is 0.102. The lowest BCUT2D eigenvalue weighted by Crippen LogP contribution is -2.20. The molecule has 0 saturated heterocycles. The van der Waals surface area contributed by atoms with Crippen molar-refractivity contribution in [1.82, 2.24) is 4.98 Å². The number of hydrogen-bond donors (Lipinski definition) is 3. The van der Waals surface area contributed by atoms with Crippen molar-refractivity contribution in [3.05, 3.63) is 64.1 Å². The lowest BCUT2D eigenvalue weighted by atomic mass is 10.1. The van der Waals surface area contributed by atoms with Gasteiger partial charge in [-0.3, -0.25) is 9.59 Å². The normalized spacial score (nSPS) is 11.9. The van der Waals surface area contributed by atoms with Crippen LogP contribution in [0.5, 0.6) is 0 Å². The third-order valence-corrected chi connectivity index (χ3v) is 2.76. The Labute approximate surface area is 110 Å². The summed E-state index contributed by atoms with van der Waals surface area (Å²) in [6.07, 6.45) is 2.87. The van der Waals surface area contributed by atoms with Gasteiger partial charge in [0.15, 0.2) is 5.43 Å². The van der Waals surface area contributed by atoms with Crippen LogP contribution in [0.1, 0.15) is 28.9 Å². The third-order valence-electron chi connectivity index (χ3n) is 2.76. The highest BCUT2D eigenvalue weighted by atomic mass is 16.2. The van der Waals surface area contributed by atoms with Crippen molar-refractivity contribution in [2.45, 2.75) is 13.0 Å². The number of pyridine rings is 1. The molecule has 1 amide bonds. The molecule has 0 aliphatic rings. The van der Waals surface area contributed by atoms with Gasteiger partial charge in [0.2, 0.25) is 0 Å². The number of nitrogens with one attached hydrogen (secondary N) is 2. The van der Waals surface area contributed by atoms with E-state index in [-0.39, 0.29) is 17.0 Å². The summed E-state index contributed by atoms with van der Waals surface area (Å²) in [6.45, 7) is 1.89. The monoisotopic (exact) mass is 257 g/mol. The van der Waals surface area contributed by atoms with Gasteiger partial charge in [0.1, 0.15) is 5.56 Å². The van der Waals surface area contributed by atoms with Crippen LogP contribution >= 0.6 is 0 Å². The van der Waals surface area contributed by atoms with Crippen molar-refractivity contribution in [2.75, 3.05) is 5.32 Å². The highest BCUT2D eigenvalue weighted by Crippen LogP contribution is 2.14. The number of benzene rings is 1. The molecule has 1 heterocycles. The molecule has 98 valence electrons. The quantitative estimate of drug-likeness (QED) is 0.781. The van der Waals surface area contributed by atoms with Crippen molar-refractivity contribution in [2.24, 2.45) is 5.73 Å². The topological polar surface area (TPSA) is 88.0 Å². The van der Waals surface area contributed by atoms with E-state index < -0.39 is 5.91 Å². The van der Waals surface area contributed by atoms with Crippen LogP contribution in [0.3, 0.4) is 0 Å². The minimum Gasteiger partial charge on any atom is -0.367 e. The predicted octanol–water partition coefficient (Wildman–Crippen LogP) is 1.65. The Bertz CT molecular complexity index is 630. The Kier molecular flexibility index (Phi) is 3.77. The molecule has 5 heteroatoms. The number of nitrogens with two attached hydrogens (primary N) is 1. The molecule has 2 aromatic rings. The molecule has 19 heavy (non-hydrogen) atoms. The minimum atomic E-state index is -0.435. The van der Waals surface area contributed by atoms with Gasteiger partial charge >= 0.3 is 0 Å². The van der Waals surface area contributed by atoms with E-state index in [1.165, 1.54) is 18.5 Å². The first-order chi connectivity index (χ1) is 9.08. The van der Waals surface area contributed by atoms with E-state index in [1.54, 1.807) is 12.1 Å². The largest absolute Gasteiger partial charge is 0.367 e. The van der Waals surface area contributed by atoms with E-state index >= 15 is 0 Å². The SMILES string of the molecule is CC(N)c1ccc(NC(=O)c2c[nH]ccc2=O)cc1. The molecule has 1 atom stereocenters. The highest BCUT2D eigenvalue weighted by Gasteiger charge is 2.09. The van der Waals surface area contributed by atoms with Gasteiger partial charge in [-0.25, -0.2) is 0 Å². The van der Waals surface area contributed by atoms with Gasteiger partial charge < -0.3 is 16.0 Å². The van der Waals surface area contributed by atoms with Gasteiger partial charge in [0.25, 0.3) is 5.91 Å². The molecule has 1 aromatic heterocycles. The van der Waals surface area contributed by atoms with Crippen molar-refractivity contribution < 1.29 is 4.79 Å². The maximum atomic E-state index is 11.9. The van der Waals surface area contributed by atoms with Crippen LogP contribution in [0.2, 0.25) is 0 Å². The predicted molar refractivity (Wildman–Crippen MR) is 74.1 cm³/mol. The lowest BCUT2D eigenvalue weighted by Gasteiger charge is -2.08. The standard InChI is InChI=1S/C14H15N3O2/c1-9(15)10-2-4-11(5-3-10)17-14(19)12-8-16-7-6-13(12)18/h2-9H,15H2,1H3,(H,16,18)(H,17,19). The number of anilines is 1. The molecule has 5 nitrogen and oxygen atoms in total. The first-order valence-corrected chi connectivity index (χ1v) is 5.92. The van der Waals surface area contributed by atoms with Gasteiger partial charge in [-0.2, -0.15) is 0 Å². The summed E-state index contributed by atoms with van der Waals surface area (Å²) >= 11 is 0. The summed E-state index contributed by atoms with van der Waals surface area (Å²) in [6, 6.07) is 8.46. The van der Waals surface area contributed by atoms with Gasteiger partial charge in [0, 0.05) is 30.2 Å². The maximum Gasteiger partial charge on any atom is 0.261 e. The molecule has 0 saturated carbocycles. The van der Waals surface area contributed by atoms with E-state index in [0.29, 0.717) is 5.69 Å². The van der Waals surface area contributed by atoms with E-state index in [4.69, 9.17) is 5.73 Å². The summed E-state index contributed by atoms with van der Waals surface area (Å²) in [5.74, 6) is -0.435. The van der Waals surface area contributed by atoms with Crippen molar-refractivity contribution in [3.63, 3.8) is 0 Å². The second-order valence-electron chi connectivity index (χ2n) is 4.29. The summed E-state index contributed by atoms with van der Waals surface area (Å²) in [5, 5.41) is 2.67. The number of H-pyrrole nitrogens is 1. The Balaban J connectivity index is 2.15. The fourth-order valence-corrected chi connectivity index (χ4v) is 1.66. The number of hydrogen-bond acceptors (Lipinski definition) is 3. The van der Waals surface area contributed by atoms with Crippen LogP contribution in [-0.4, -0.2) is 10.9 Å². The maximum absolute atomic E-state index is 11.9. The molecule has 1 unspecified atom stereocenters. The highest BCUT2D eigenvalue weighted by molar-refractivity contribution is 6.03. The van der Waals surface area contributed by atoms with Gasteiger partial charge in [-0.1, -0.05) is 12.1 Å². The molecule has 2 rings (SSSR count). The Hall–Kier alpha value is -2.40. The number of aromatic amines is 1. The first kappa shape index (κ1) is 13.0. The number of carbonyl (C=O) groups excluding carboxylic acids is 1. The number of carbonyl (C=O) groups is 1. The van der Waals surface area contributed by atoms with Crippen LogP contribution in [-0.2, 0) is 0 Å². The summed E-state index contributed by atoms with van der Waals surface area (Å²) in [5.41, 5.74) is 7.11. The molecular formula is C14H15N3O2. The van der Waals surface area contributed by atoms with E-state index in [0.717, 1.165) is 5.56 Å². The van der Waals surface area contributed by atoms with E-state index in [2.05, 4.69) is 10.3 Å². The number of amides is 1. The van der Waals surface area contributed by atoms with Crippen molar-refractivity contribution >= 4 is 11.6 Å². The molecule has 1 aromatic carbocycles. The van der Waals surface area contributed by atoms with E-state index in [9.17, 15) is 9.59 Å². The molecular weight excluding hydrogens is 242 g/mol. The minimum absolute atomic E-state index is 0.0540. The fourth-order valence-electron chi connectivity index (χ4n) is 1.66. The van der Waals surface area contributed by atoms with Crippen LogP contribution in [0.25, 0.3) is 0 Å². The first-order valence-electron chi connectivity index (χ1n) is 5.92. The van der Waals surface area contributed by atoms with Gasteiger partial charge in [-0.15, -0.1) is 0 Å². The van der Waals surface area contributed by atoms with Gasteiger partial charge in [0.05, 0.1) is 0 Å². The van der Waals surface area contributed by atoms with Crippen LogP contribution in [0, 0.1) is 0 Å². The fraction of sp³-hybridized carbons (Fsp3) is 0.143. The second-order valence-corrected chi connectivity index (χ2v) is 4.29. The Morgan fingerprint density at radius 1 is 1.26 bits per heavy atom. The number of aromatic nitrogens is 1. The average Bonchev–Trinajstić information content (AvgIpc) is 2.39. The van der Waals surface area contributed by atoms with Crippen LogP contribution in [0.15, 0.2) is 47.5 Å².